The largest absolute Gasteiger partial charge is 0.455 e. The Morgan fingerprint density at radius 3 is 2.68 bits per heavy atom. The first-order valence-corrected chi connectivity index (χ1v) is 9.79. The lowest BCUT2D eigenvalue weighted by Gasteiger charge is -2.03. The van der Waals surface area contributed by atoms with Crippen LogP contribution in [0, 0.1) is 13.8 Å². The molecular formula is C19H20N2O2S2. The Bertz CT molecular complexity index is 866. The Labute approximate surface area is 155 Å². The summed E-state index contributed by atoms with van der Waals surface area (Å²) in [4.78, 5) is 18.5. The quantitative estimate of drug-likeness (QED) is 0.582. The summed E-state index contributed by atoms with van der Waals surface area (Å²) in [6, 6.07) is 10.0. The summed E-state index contributed by atoms with van der Waals surface area (Å²) in [7, 11) is 0. The maximum Gasteiger partial charge on any atom is 0.348 e. The van der Waals surface area contributed by atoms with Crippen molar-refractivity contribution in [3.05, 3.63) is 62.3 Å². The van der Waals surface area contributed by atoms with E-state index in [1.165, 1.54) is 33.1 Å². The van der Waals surface area contributed by atoms with Gasteiger partial charge in [-0.15, -0.1) is 22.7 Å². The highest BCUT2D eigenvalue weighted by molar-refractivity contribution is 7.14. The predicted octanol–water partition coefficient (Wildman–Crippen LogP) is 5.48. The van der Waals surface area contributed by atoms with E-state index in [0.29, 0.717) is 4.88 Å². The average molecular weight is 373 g/mol. The maximum atomic E-state index is 12.2. The molecule has 0 aliphatic rings. The van der Waals surface area contributed by atoms with Gasteiger partial charge in [0.1, 0.15) is 11.5 Å². The van der Waals surface area contributed by atoms with Gasteiger partial charge in [-0.1, -0.05) is 24.6 Å². The molecule has 0 aliphatic heterocycles. The second kappa shape index (κ2) is 7.80. The van der Waals surface area contributed by atoms with E-state index in [1.54, 1.807) is 0 Å². The first-order chi connectivity index (χ1) is 12.0. The fourth-order valence-corrected chi connectivity index (χ4v) is 4.10. The minimum atomic E-state index is -0.283. The van der Waals surface area contributed by atoms with Crippen LogP contribution in [0.25, 0.3) is 0 Å². The molecule has 0 bridgehead atoms. The van der Waals surface area contributed by atoms with Crippen LogP contribution in [0.1, 0.15) is 38.3 Å². The Kier molecular flexibility index (Phi) is 5.50. The van der Waals surface area contributed by atoms with Crippen molar-refractivity contribution >= 4 is 39.5 Å². The zero-order valence-electron chi connectivity index (χ0n) is 14.5. The van der Waals surface area contributed by atoms with Crippen molar-refractivity contribution in [3.8, 4) is 0 Å². The van der Waals surface area contributed by atoms with Crippen LogP contribution in [0.2, 0.25) is 0 Å². The van der Waals surface area contributed by atoms with Crippen LogP contribution in [0.5, 0.6) is 0 Å². The molecule has 0 saturated carbocycles. The smallest absolute Gasteiger partial charge is 0.348 e. The summed E-state index contributed by atoms with van der Waals surface area (Å²) in [5.41, 5.74) is 4.10. The Balaban J connectivity index is 1.57. The van der Waals surface area contributed by atoms with Crippen LogP contribution in [0.3, 0.4) is 0 Å². The van der Waals surface area contributed by atoms with Crippen molar-refractivity contribution in [1.82, 2.24) is 4.98 Å². The number of anilines is 2. The van der Waals surface area contributed by atoms with E-state index in [4.69, 9.17) is 4.74 Å². The average Bonchev–Trinajstić information content (AvgIpc) is 3.21. The summed E-state index contributed by atoms with van der Waals surface area (Å²) >= 11 is 3.00. The minimum absolute atomic E-state index is 0.184. The molecule has 130 valence electrons. The van der Waals surface area contributed by atoms with Gasteiger partial charge in [-0.05, 0) is 44.0 Å². The van der Waals surface area contributed by atoms with E-state index < -0.39 is 0 Å². The van der Waals surface area contributed by atoms with Gasteiger partial charge in [0.25, 0.3) is 0 Å². The molecule has 2 aromatic heterocycles. The second-order valence-corrected chi connectivity index (χ2v) is 7.78. The van der Waals surface area contributed by atoms with Gasteiger partial charge in [0, 0.05) is 15.9 Å². The molecule has 0 radical (unpaired) electrons. The lowest BCUT2D eigenvalue weighted by Crippen LogP contribution is -2.03. The van der Waals surface area contributed by atoms with Crippen molar-refractivity contribution in [2.75, 3.05) is 5.32 Å². The number of thiazole rings is 1. The van der Waals surface area contributed by atoms with Crippen molar-refractivity contribution < 1.29 is 9.53 Å². The number of carbonyl (C=O) groups is 1. The standard InChI is InChI=1S/C19H20N2O2S2/c1-4-16-13(3)9-17(25-16)18(22)23-10-15-11-24-19(21-15)20-14-7-5-12(2)6-8-14/h5-9,11H,4,10H2,1-3H3,(H,20,21). The Hall–Kier alpha value is -2.18. The van der Waals surface area contributed by atoms with Crippen LogP contribution in [0.4, 0.5) is 10.8 Å². The highest BCUT2D eigenvalue weighted by atomic mass is 32.1. The van der Waals surface area contributed by atoms with Crippen molar-refractivity contribution in [2.24, 2.45) is 0 Å². The summed E-state index contributed by atoms with van der Waals surface area (Å²) < 4.78 is 5.39. The minimum Gasteiger partial charge on any atom is -0.455 e. The number of thiophene rings is 1. The van der Waals surface area contributed by atoms with Gasteiger partial charge < -0.3 is 10.1 Å². The fourth-order valence-electron chi connectivity index (χ4n) is 2.37. The molecule has 4 nitrogen and oxygen atoms in total. The van der Waals surface area contributed by atoms with E-state index in [1.807, 2.05) is 42.6 Å². The third-order valence-electron chi connectivity index (χ3n) is 3.75. The van der Waals surface area contributed by atoms with Gasteiger partial charge >= 0.3 is 5.97 Å². The van der Waals surface area contributed by atoms with Gasteiger partial charge in [-0.2, -0.15) is 0 Å². The molecule has 3 aromatic rings. The van der Waals surface area contributed by atoms with E-state index >= 15 is 0 Å². The molecule has 1 aromatic carbocycles. The molecule has 0 spiro atoms. The molecule has 0 unspecified atom stereocenters. The first kappa shape index (κ1) is 17.6. The number of aromatic nitrogens is 1. The predicted molar refractivity (Wildman–Crippen MR) is 104 cm³/mol. The lowest BCUT2D eigenvalue weighted by molar-refractivity contribution is 0.0474. The first-order valence-electron chi connectivity index (χ1n) is 8.09. The monoisotopic (exact) mass is 372 g/mol. The highest BCUT2D eigenvalue weighted by Crippen LogP contribution is 2.24. The van der Waals surface area contributed by atoms with Crippen LogP contribution in [-0.2, 0) is 17.8 Å². The second-order valence-electron chi connectivity index (χ2n) is 5.78. The molecular weight excluding hydrogens is 352 g/mol. The van der Waals surface area contributed by atoms with Gasteiger partial charge in [0.15, 0.2) is 5.13 Å². The summed E-state index contributed by atoms with van der Waals surface area (Å²) in [6.07, 6.45) is 0.934. The number of benzene rings is 1. The molecule has 2 heterocycles. The van der Waals surface area contributed by atoms with E-state index in [0.717, 1.165) is 28.5 Å². The number of hydrogen-bond donors (Lipinski definition) is 1. The molecule has 0 amide bonds. The van der Waals surface area contributed by atoms with E-state index in [2.05, 4.69) is 24.1 Å². The zero-order valence-corrected chi connectivity index (χ0v) is 16.1. The number of aryl methyl sites for hydroxylation is 3. The number of ether oxygens (including phenoxy) is 1. The van der Waals surface area contributed by atoms with Gasteiger partial charge in [-0.3, -0.25) is 0 Å². The lowest BCUT2D eigenvalue weighted by atomic mass is 10.2. The maximum absolute atomic E-state index is 12.2. The third kappa shape index (κ3) is 4.46. The van der Waals surface area contributed by atoms with Gasteiger partial charge in [0.2, 0.25) is 0 Å². The number of nitrogens with zero attached hydrogens (tertiary/aromatic N) is 1. The van der Waals surface area contributed by atoms with Crippen molar-refractivity contribution in [2.45, 2.75) is 33.8 Å². The highest BCUT2D eigenvalue weighted by Gasteiger charge is 2.14. The third-order valence-corrected chi connectivity index (χ3v) is 5.92. The molecule has 0 aliphatic carbocycles. The summed E-state index contributed by atoms with van der Waals surface area (Å²) in [5, 5.41) is 5.95. The van der Waals surface area contributed by atoms with Gasteiger partial charge in [0.05, 0.1) is 5.69 Å². The molecule has 0 fully saturated rings. The summed E-state index contributed by atoms with van der Waals surface area (Å²) in [6.45, 7) is 6.35. The number of hydrogen-bond acceptors (Lipinski definition) is 6. The summed E-state index contributed by atoms with van der Waals surface area (Å²) in [5.74, 6) is -0.283. The number of esters is 1. The molecule has 3 rings (SSSR count). The van der Waals surface area contributed by atoms with Gasteiger partial charge in [-0.25, -0.2) is 9.78 Å². The normalized spacial score (nSPS) is 10.7. The van der Waals surface area contributed by atoms with Crippen LogP contribution >= 0.6 is 22.7 Å². The Morgan fingerprint density at radius 2 is 2.00 bits per heavy atom. The number of rotatable bonds is 6. The molecule has 25 heavy (non-hydrogen) atoms. The van der Waals surface area contributed by atoms with Crippen molar-refractivity contribution in [1.29, 1.82) is 0 Å². The molecule has 1 N–H and O–H groups in total. The fraction of sp³-hybridized carbons (Fsp3) is 0.263. The van der Waals surface area contributed by atoms with Crippen LogP contribution in [0.15, 0.2) is 35.7 Å². The molecule has 0 saturated heterocycles. The molecule has 6 heteroatoms. The molecule has 0 atom stereocenters. The van der Waals surface area contributed by atoms with Crippen molar-refractivity contribution in [3.63, 3.8) is 0 Å². The van der Waals surface area contributed by atoms with Crippen LogP contribution < -0.4 is 5.32 Å². The zero-order chi connectivity index (χ0) is 17.8. The topological polar surface area (TPSA) is 51.2 Å². The number of carbonyl (C=O) groups excluding carboxylic acids is 1. The Morgan fingerprint density at radius 1 is 1.24 bits per heavy atom. The number of nitrogens with one attached hydrogen (secondary N) is 1. The SMILES string of the molecule is CCc1sc(C(=O)OCc2csc(Nc3ccc(C)cc3)n2)cc1C. The van der Waals surface area contributed by atoms with E-state index in [-0.39, 0.29) is 12.6 Å². The van der Waals surface area contributed by atoms with Crippen LogP contribution in [-0.4, -0.2) is 11.0 Å². The van der Waals surface area contributed by atoms with E-state index in [9.17, 15) is 4.79 Å².